The molecule has 8 heteroatoms. The number of rotatable bonds is 4. The number of aryl methyl sites for hydroxylation is 3. The molecule has 0 saturated heterocycles. The van der Waals surface area contributed by atoms with Crippen LogP contribution < -0.4 is 5.73 Å². The van der Waals surface area contributed by atoms with Crippen LogP contribution in [0.1, 0.15) is 43.0 Å². The molecule has 4 aromatic carbocycles. The van der Waals surface area contributed by atoms with Gasteiger partial charge >= 0.3 is 0 Å². The molecule has 4 rings (SSSR count). The van der Waals surface area contributed by atoms with E-state index in [0.29, 0.717) is 11.3 Å². The highest BCUT2D eigenvalue weighted by atomic mass is 32.2. The lowest BCUT2D eigenvalue weighted by Crippen LogP contribution is -2.12. The summed E-state index contributed by atoms with van der Waals surface area (Å²) in [6.07, 6.45) is 0. The first kappa shape index (κ1) is 26.3. The minimum absolute atomic E-state index is 0.0778. The summed E-state index contributed by atoms with van der Waals surface area (Å²) in [7, 11) is -4.52. The number of benzene rings is 4. The average Bonchev–Trinajstić information content (AvgIpc) is 2.79. The van der Waals surface area contributed by atoms with E-state index in [2.05, 4.69) is 56.1 Å². The standard InChI is InChI=1S/C29H31N3O4S/c1-16-13-19(7-10-22(16)29(4,5)6)20-8-11-23(17(2)14-20)31-32-24-12-9-21-25(37(34,35)36)15-18(3)27(30)26(21)28(24)33/h7-15,33H,30H2,1-6H3,(H,34,35,36). The van der Waals surface area contributed by atoms with Gasteiger partial charge in [-0.2, -0.15) is 13.5 Å². The summed E-state index contributed by atoms with van der Waals surface area (Å²) in [4.78, 5) is -0.329. The predicted molar refractivity (Wildman–Crippen MR) is 149 cm³/mol. The Bertz CT molecular complexity index is 1680. The van der Waals surface area contributed by atoms with Gasteiger partial charge < -0.3 is 10.8 Å². The minimum atomic E-state index is -4.52. The van der Waals surface area contributed by atoms with Crippen molar-refractivity contribution >= 4 is 38.0 Å². The molecule has 0 heterocycles. The van der Waals surface area contributed by atoms with Crippen LogP contribution in [-0.4, -0.2) is 18.1 Å². The molecule has 4 N–H and O–H groups in total. The van der Waals surface area contributed by atoms with E-state index in [0.717, 1.165) is 16.7 Å². The van der Waals surface area contributed by atoms with E-state index < -0.39 is 10.1 Å². The Hall–Kier alpha value is -3.75. The van der Waals surface area contributed by atoms with E-state index in [9.17, 15) is 18.1 Å². The molecule has 0 saturated carbocycles. The number of nitrogens with two attached hydrogens (primary N) is 1. The molecule has 0 fully saturated rings. The molecule has 0 spiro atoms. The fraction of sp³-hybridized carbons (Fsp3) is 0.241. The number of phenols is 1. The zero-order valence-electron chi connectivity index (χ0n) is 21.8. The highest BCUT2D eigenvalue weighted by Crippen LogP contribution is 2.42. The third-order valence-corrected chi connectivity index (χ3v) is 7.47. The van der Waals surface area contributed by atoms with Crippen molar-refractivity contribution in [3.63, 3.8) is 0 Å². The third kappa shape index (κ3) is 5.08. The molecule has 0 aromatic heterocycles. The predicted octanol–water partition coefficient (Wildman–Crippen LogP) is 7.68. The second-order valence-corrected chi connectivity index (χ2v) is 11.8. The van der Waals surface area contributed by atoms with Crippen LogP contribution in [0.15, 0.2) is 69.7 Å². The van der Waals surface area contributed by atoms with Gasteiger partial charge in [-0.05, 0) is 83.8 Å². The summed E-state index contributed by atoms with van der Waals surface area (Å²) in [5.41, 5.74) is 13.2. The third-order valence-electron chi connectivity index (χ3n) is 6.57. The Balaban J connectivity index is 1.71. The molecule has 0 atom stereocenters. The van der Waals surface area contributed by atoms with Gasteiger partial charge in [-0.25, -0.2) is 0 Å². The number of fused-ring (bicyclic) bond motifs is 1. The number of aromatic hydroxyl groups is 1. The quantitative estimate of drug-likeness (QED) is 0.145. The maximum Gasteiger partial charge on any atom is 0.295 e. The van der Waals surface area contributed by atoms with Crippen molar-refractivity contribution in [3.05, 3.63) is 76.9 Å². The van der Waals surface area contributed by atoms with Gasteiger partial charge in [0.2, 0.25) is 0 Å². The van der Waals surface area contributed by atoms with Crippen LogP contribution in [-0.2, 0) is 15.5 Å². The Morgan fingerprint density at radius 2 is 1.35 bits per heavy atom. The Morgan fingerprint density at radius 3 is 1.92 bits per heavy atom. The van der Waals surface area contributed by atoms with E-state index in [-0.39, 0.29) is 38.2 Å². The largest absolute Gasteiger partial charge is 0.505 e. The van der Waals surface area contributed by atoms with E-state index in [4.69, 9.17) is 5.73 Å². The number of hydrogen-bond acceptors (Lipinski definition) is 6. The second kappa shape index (κ2) is 9.28. The zero-order chi connectivity index (χ0) is 27.3. The molecular formula is C29H31N3O4S. The van der Waals surface area contributed by atoms with E-state index >= 15 is 0 Å². The fourth-order valence-electron chi connectivity index (χ4n) is 4.64. The van der Waals surface area contributed by atoms with Crippen LogP contribution in [0, 0.1) is 20.8 Å². The van der Waals surface area contributed by atoms with E-state index in [1.807, 2.05) is 25.1 Å². The van der Waals surface area contributed by atoms with Crippen molar-refractivity contribution in [2.75, 3.05) is 5.73 Å². The fourth-order valence-corrected chi connectivity index (χ4v) is 5.41. The maximum absolute atomic E-state index is 11.9. The van der Waals surface area contributed by atoms with Crippen LogP contribution in [0.5, 0.6) is 5.75 Å². The van der Waals surface area contributed by atoms with Gasteiger partial charge in [0.25, 0.3) is 10.1 Å². The number of azo groups is 1. The first-order valence-electron chi connectivity index (χ1n) is 11.8. The molecule has 0 radical (unpaired) electrons. The smallest absolute Gasteiger partial charge is 0.295 e. The topological polar surface area (TPSA) is 125 Å². The number of anilines is 1. The molecule has 37 heavy (non-hydrogen) atoms. The summed E-state index contributed by atoms with van der Waals surface area (Å²) in [5.74, 6) is -0.309. The summed E-state index contributed by atoms with van der Waals surface area (Å²) >= 11 is 0. The van der Waals surface area contributed by atoms with Crippen molar-refractivity contribution in [1.82, 2.24) is 0 Å². The number of phenolic OH excluding ortho intramolecular Hbond substituents is 1. The second-order valence-electron chi connectivity index (χ2n) is 10.4. The molecule has 0 aliphatic heterocycles. The SMILES string of the molecule is Cc1cc(-c2ccc(C(C)(C)C)c(C)c2)ccc1N=Nc1ccc2c(S(=O)(=O)O)cc(C)c(N)c2c1O. The van der Waals surface area contributed by atoms with E-state index in [1.165, 1.54) is 29.3 Å². The molecule has 0 unspecified atom stereocenters. The average molecular weight is 518 g/mol. The Morgan fingerprint density at radius 1 is 0.784 bits per heavy atom. The minimum Gasteiger partial charge on any atom is -0.505 e. The highest BCUT2D eigenvalue weighted by molar-refractivity contribution is 7.86. The monoisotopic (exact) mass is 517 g/mol. The molecule has 192 valence electrons. The van der Waals surface area contributed by atoms with Gasteiger partial charge in [0.15, 0.2) is 5.75 Å². The lowest BCUT2D eigenvalue weighted by Gasteiger charge is -2.22. The van der Waals surface area contributed by atoms with Crippen LogP contribution in [0.2, 0.25) is 0 Å². The van der Waals surface area contributed by atoms with Gasteiger partial charge in [-0.1, -0.05) is 51.1 Å². The number of nitrogens with zero attached hydrogens (tertiary/aromatic N) is 2. The summed E-state index contributed by atoms with van der Waals surface area (Å²) in [6.45, 7) is 12.3. The summed E-state index contributed by atoms with van der Waals surface area (Å²) < 4.78 is 33.3. The van der Waals surface area contributed by atoms with Gasteiger partial charge in [-0.3, -0.25) is 4.55 Å². The molecule has 7 nitrogen and oxygen atoms in total. The Kier molecular flexibility index (Phi) is 6.60. The van der Waals surface area contributed by atoms with Crippen LogP contribution in [0.3, 0.4) is 0 Å². The van der Waals surface area contributed by atoms with Crippen molar-refractivity contribution in [3.8, 4) is 16.9 Å². The van der Waals surface area contributed by atoms with Gasteiger partial charge in [0.1, 0.15) is 10.6 Å². The van der Waals surface area contributed by atoms with Gasteiger partial charge in [0.05, 0.1) is 11.1 Å². The van der Waals surface area contributed by atoms with E-state index in [1.54, 1.807) is 6.92 Å². The maximum atomic E-state index is 11.9. The molecule has 0 bridgehead atoms. The van der Waals surface area contributed by atoms with Crippen LogP contribution in [0.4, 0.5) is 17.1 Å². The molecule has 0 aliphatic rings. The van der Waals surface area contributed by atoms with Gasteiger partial charge in [-0.15, -0.1) is 5.11 Å². The van der Waals surface area contributed by atoms with Crippen LogP contribution in [0.25, 0.3) is 21.9 Å². The molecule has 4 aromatic rings. The summed E-state index contributed by atoms with van der Waals surface area (Å²) in [5, 5.41) is 19.6. The first-order chi connectivity index (χ1) is 17.2. The van der Waals surface area contributed by atoms with Crippen molar-refractivity contribution in [1.29, 1.82) is 0 Å². The molecular weight excluding hydrogens is 486 g/mol. The van der Waals surface area contributed by atoms with Crippen molar-refractivity contribution < 1.29 is 18.1 Å². The summed E-state index contributed by atoms with van der Waals surface area (Å²) in [6, 6.07) is 16.5. The molecule has 0 amide bonds. The van der Waals surface area contributed by atoms with Crippen LogP contribution >= 0.6 is 0 Å². The zero-order valence-corrected chi connectivity index (χ0v) is 22.6. The number of nitrogen functional groups attached to an aromatic ring is 1. The first-order valence-corrected chi connectivity index (χ1v) is 13.3. The lowest BCUT2D eigenvalue weighted by atomic mass is 9.83. The highest BCUT2D eigenvalue weighted by Gasteiger charge is 2.21. The normalized spacial score (nSPS) is 12.5. The van der Waals surface area contributed by atoms with Crippen molar-refractivity contribution in [2.45, 2.75) is 51.9 Å². The number of hydrogen-bond donors (Lipinski definition) is 3. The van der Waals surface area contributed by atoms with Crippen molar-refractivity contribution in [2.24, 2.45) is 10.2 Å². The van der Waals surface area contributed by atoms with Gasteiger partial charge in [0, 0.05) is 11.1 Å². The lowest BCUT2D eigenvalue weighted by molar-refractivity contribution is 0.482. The Labute approximate surface area is 217 Å². The molecule has 0 aliphatic carbocycles.